The summed E-state index contributed by atoms with van der Waals surface area (Å²) in [6, 6.07) is -0.665. The van der Waals surface area contributed by atoms with Crippen LogP contribution in [0.25, 0.3) is 0 Å². The van der Waals surface area contributed by atoms with E-state index in [0.29, 0.717) is 5.92 Å². The second kappa shape index (κ2) is 5.35. The number of hydrogen-bond donors (Lipinski definition) is 1. The van der Waals surface area contributed by atoms with E-state index in [0.717, 1.165) is 25.8 Å². The molecule has 2 unspecified atom stereocenters. The molecule has 1 aliphatic carbocycles. The lowest BCUT2D eigenvalue weighted by molar-refractivity contribution is -0.149. The van der Waals surface area contributed by atoms with E-state index in [2.05, 4.69) is 25.4 Å². The Hall–Kier alpha value is -0.710. The topological polar surface area (TPSA) is 49.4 Å². The molecule has 2 aliphatic rings. The van der Waals surface area contributed by atoms with E-state index in [1.807, 2.05) is 18.7 Å². The van der Waals surface area contributed by atoms with Crippen molar-refractivity contribution >= 4 is 23.6 Å². The van der Waals surface area contributed by atoms with Gasteiger partial charge in [0.05, 0.1) is 0 Å². The molecule has 2 atom stereocenters. The number of piperazine rings is 1. The van der Waals surface area contributed by atoms with Crippen LogP contribution in [0.1, 0.15) is 40.0 Å². The second-order valence-corrected chi connectivity index (χ2v) is 7.49. The number of hydrogen-bond acceptors (Lipinski definition) is 3. The Bertz CT molecular complexity index is 380. The van der Waals surface area contributed by atoms with Gasteiger partial charge in [-0.2, -0.15) is 11.8 Å². The summed E-state index contributed by atoms with van der Waals surface area (Å²) < 4.78 is 0.212. The molecule has 1 saturated heterocycles. The summed E-state index contributed by atoms with van der Waals surface area (Å²) in [5.41, 5.74) is 0. The molecule has 2 fully saturated rings. The fourth-order valence-electron chi connectivity index (χ4n) is 2.61. The van der Waals surface area contributed by atoms with E-state index in [9.17, 15) is 9.59 Å². The lowest BCUT2D eigenvalue weighted by Crippen LogP contribution is -2.63. The van der Waals surface area contributed by atoms with Gasteiger partial charge in [0, 0.05) is 11.3 Å². The Balaban J connectivity index is 2.10. The molecule has 1 heterocycles. The Morgan fingerprint density at radius 1 is 1.42 bits per heavy atom. The normalized spacial score (nSPS) is 29.6. The van der Waals surface area contributed by atoms with Gasteiger partial charge in [0.15, 0.2) is 0 Å². The van der Waals surface area contributed by atoms with Gasteiger partial charge in [-0.25, -0.2) is 0 Å². The predicted octanol–water partition coefficient (Wildman–Crippen LogP) is 1.64. The largest absolute Gasteiger partial charge is 0.343 e. The number of rotatable bonds is 5. The molecule has 0 aromatic rings. The highest BCUT2D eigenvalue weighted by Crippen LogP contribution is 2.48. The first-order valence-corrected chi connectivity index (χ1v) is 8.27. The van der Waals surface area contributed by atoms with Crippen LogP contribution in [0.4, 0.5) is 0 Å². The molecule has 1 N–H and O–H groups in total. The average molecular weight is 284 g/mol. The molecule has 1 saturated carbocycles. The Labute approximate surface area is 119 Å². The van der Waals surface area contributed by atoms with E-state index in [-0.39, 0.29) is 28.6 Å². The third kappa shape index (κ3) is 3.07. The molecule has 1 aliphatic heterocycles. The monoisotopic (exact) mass is 284 g/mol. The van der Waals surface area contributed by atoms with Crippen molar-refractivity contribution in [1.82, 2.24) is 10.2 Å². The quantitative estimate of drug-likeness (QED) is 0.835. The fraction of sp³-hybridized carbons (Fsp3) is 0.857. The molecular weight excluding hydrogens is 260 g/mol. The summed E-state index contributed by atoms with van der Waals surface area (Å²) in [5, 5.41) is 2.86. The molecule has 0 radical (unpaired) electrons. The Morgan fingerprint density at radius 2 is 2.05 bits per heavy atom. The van der Waals surface area contributed by atoms with Crippen molar-refractivity contribution in [2.75, 3.05) is 12.8 Å². The number of carbonyl (C=O) groups excluding carboxylic acids is 2. The molecule has 2 amide bonds. The van der Waals surface area contributed by atoms with Gasteiger partial charge in [-0.3, -0.25) is 9.59 Å². The maximum absolute atomic E-state index is 12.5. The van der Waals surface area contributed by atoms with E-state index < -0.39 is 0 Å². The van der Waals surface area contributed by atoms with E-state index in [4.69, 9.17) is 0 Å². The number of nitrogens with zero attached hydrogens (tertiary/aromatic N) is 1. The van der Waals surface area contributed by atoms with Gasteiger partial charge in [-0.1, -0.05) is 13.8 Å². The predicted molar refractivity (Wildman–Crippen MR) is 78.0 cm³/mol. The molecule has 19 heavy (non-hydrogen) atoms. The highest BCUT2D eigenvalue weighted by Gasteiger charge is 2.48. The lowest BCUT2D eigenvalue weighted by Gasteiger charge is -2.39. The van der Waals surface area contributed by atoms with Gasteiger partial charge in [0.1, 0.15) is 12.1 Å². The zero-order valence-corrected chi connectivity index (χ0v) is 13.0. The van der Waals surface area contributed by atoms with E-state index in [1.54, 1.807) is 4.90 Å². The van der Waals surface area contributed by atoms with Crippen LogP contribution in [-0.4, -0.2) is 46.3 Å². The molecule has 0 bridgehead atoms. The highest BCUT2D eigenvalue weighted by atomic mass is 32.2. The summed E-state index contributed by atoms with van der Waals surface area (Å²) in [6.07, 6.45) is 5.13. The standard InChI is InChI=1S/C14H24N2O2S/c1-9(2)7-11-13(18)16(10(3)12(17)15-11)8-14(19-4)5-6-14/h9-11H,5-8H2,1-4H3,(H,15,17). The van der Waals surface area contributed by atoms with Crippen molar-refractivity contribution in [1.29, 1.82) is 0 Å². The summed E-state index contributed by atoms with van der Waals surface area (Å²) in [7, 11) is 0. The highest BCUT2D eigenvalue weighted by molar-refractivity contribution is 8.00. The maximum atomic E-state index is 12.5. The Kier molecular flexibility index (Phi) is 4.14. The van der Waals surface area contributed by atoms with Crippen molar-refractivity contribution in [2.45, 2.75) is 56.9 Å². The summed E-state index contributed by atoms with van der Waals surface area (Å²) in [4.78, 5) is 26.4. The molecule has 5 heteroatoms. The van der Waals surface area contributed by atoms with Crippen LogP contribution >= 0.6 is 11.8 Å². The molecule has 0 aromatic carbocycles. The number of carbonyl (C=O) groups is 2. The first-order valence-electron chi connectivity index (χ1n) is 7.04. The van der Waals surface area contributed by atoms with Crippen molar-refractivity contribution in [3.05, 3.63) is 0 Å². The van der Waals surface area contributed by atoms with Crippen molar-refractivity contribution < 1.29 is 9.59 Å². The van der Waals surface area contributed by atoms with Crippen LogP contribution < -0.4 is 5.32 Å². The minimum atomic E-state index is -0.333. The first-order chi connectivity index (χ1) is 8.88. The van der Waals surface area contributed by atoms with Crippen LogP contribution in [0.5, 0.6) is 0 Å². The third-order valence-corrected chi connectivity index (χ3v) is 5.55. The number of nitrogens with one attached hydrogen (secondary N) is 1. The lowest BCUT2D eigenvalue weighted by atomic mass is 9.98. The minimum absolute atomic E-state index is 0.0119. The minimum Gasteiger partial charge on any atom is -0.343 e. The van der Waals surface area contributed by atoms with Crippen molar-refractivity contribution in [3.63, 3.8) is 0 Å². The van der Waals surface area contributed by atoms with Crippen molar-refractivity contribution in [3.8, 4) is 0 Å². The number of thioether (sulfide) groups is 1. The molecule has 0 aromatic heterocycles. The average Bonchev–Trinajstić information content (AvgIpc) is 3.12. The number of amides is 2. The van der Waals surface area contributed by atoms with E-state index >= 15 is 0 Å². The summed E-state index contributed by atoms with van der Waals surface area (Å²) in [5.74, 6) is 0.489. The van der Waals surface area contributed by atoms with Gasteiger partial charge in [-0.15, -0.1) is 0 Å². The zero-order chi connectivity index (χ0) is 14.2. The van der Waals surface area contributed by atoms with Gasteiger partial charge in [0.25, 0.3) is 0 Å². The Morgan fingerprint density at radius 3 is 2.53 bits per heavy atom. The van der Waals surface area contributed by atoms with Crippen LogP contribution in [0.15, 0.2) is 0 Å². The molecule has 4 nitrogen and oxygen atoms in total. The first kappa shape index (κ1) is 14.7. The molecule has 0 spiro atoms. The SMILES string of the molecule is CSC1(CN2C(=O)C(CC(C)C)NC(=O)C2C)CC1. The molecule has 2 rings (SSSR count). The fourth-order valence-corrected chi connectivity index (χ4v) is 3.39. The molecular formula is C14H24N2O2S. The van der Waals surface area contributed by atoms with Gasteiger partial charge >= 0.3 is 0 Å². The van der Waals surface area contributed by atoms with Crippen molar-refractivity contribution in [2.24, 2.45) is 5.92 Å². The molecule has 108 valence electrons. The van der Waals surface area contributed by atoms with Gasteiger partial charge in [-0.05, 0) is 38.4 Å². The summed E-state index contributed by atoms with van der Waals surface area (Å²) in [6.45, 7) is 6.70. The van der Waals surface area contributed by atoms with Crippen LogP contribution in [-0.2, 0) is 9.59 Å². The van der Waals surface area contributed by atoms with E-state index in [1.165, 1.54) is 0 Å². The third-order valence-electron chi connectivity index (χ3n) is 4.15. The maximum Gasteiger partial charge on any atom is 0.245 e. The van der Waals surface area contributed by atoms with Gasteiger partial charge < -0.3 is 10.2 Å². The zero-order valence-electron chi connectivity index (χ0n) is 12.2. The van der Waals surface area contributed by atoms with Crippen LogP contribution in [0.2, 0.25) is 0 Å². The van der Waals surface area contributed by atoms with Crippen LogP contribution in [0.3, 0.4) is 0 Å². The van der Waals surface area contributed by atoms with Gasteiger partial charge in [0.2, 0.25) is 11.8 Å². The summed E-state index contributed by atoms with van der Waals surface area (Å²) >= 11 is 1.83. The second-order valence-electron chi connectivity index (χ2n) is 6.22. The van der Waals surface area contributed by atoms with Crippen LogP contribution in [0, 0.1) is 5.92 Å². The smallest absolute Gasteiger partial charge is 0.245 e.